The highest BCUT2D eigenvalue weighted by molar-refractivity contribution is 7.80. The molecule has 0 spiro atoms. The van der Waals surface area contributed by atoms with Crippen molar-refractivity contribution in [1.82, 2.24) is 15.1 Å². The molecule has 2 atom stereocenters. The Hall–Kier alpha value is -1.86. The topological polar surface area (TPSA) is 74.6 Å². The number of nitrogens with one attached hydrogen (secondary N) is 2. The summed E-state index contributed by atoms with van der Waals surface area (Å²) in [7, 11) is 3.46. The van der Waals surface area contributed by atoms with Gasteiger partial charge in [0.05, 0.1) is 12.6 Å². The van der Waals surface area contributed by atoms with E-state index in [1.165, 1.54) is 0 Å². The van der Waals surface area contributed by atoms with Crippen LogP contribution in [0, 0.1) is 11.5 Å². The first kappa shape index (κ1) is 19.5. The second kappa shape index (κ2) is 7.58. The van der Waals surface area contributed by atoms with E-state index in [0.29, 0.717) is 5.69 Å². The highest BCUT2D eigenvalue weighted by atomic mass is 32.1. The Labute approximate surface area is 151 Å². The molecule has 1 aliphatic carbocycles. The fourth-order valence-corrected chi connectivity index (χ4v) is 3.30. The number of hydrogen-bond donors (Lipinski definition) is 3. The predicted octanol–water partition coefficient (Wildman–Crippen LogP) is 1.41. The van der Waals surface area contributed by atoms with Crippen LogP contribution in [-0.2, 0) is 0 Å². The third-order valence-corrected chi connectivity index (χ3v) is 4.45. The van der Waals surface area contributed by atoms with Crippen LogP contribution in [0.15, 0.2) is 30.3 Å². The van der Waals surface area contributed by atoms with E-state index in [1.54, 1.807) is 43.3 Å². The Balaban J connectivity index is 2.23. The molecule has 3 N–H and O–H groups in total. The summed E-state index contributed by atoms with van der Waals surface area (Å²) in [6.07, 6.45) is 1.19. The lowest BCUT2D eigenvalue weighted by molar-refractivity contribution is -0.197. The Bertz CT molecular complexity index is 652. The van der Waals surface area contributed by atoms with Crippen molar-refractivity contribution in [2.24, 2.45) is 0 Å². The van der Waals surface area contributed by atoms with Gasteiger partial charge in [-0.3, -0.25) is 10.2 Å². The summed E-state index contributed by atoms with van der Waals surface area (Å²) >= 11 is 5.23. The van der Waals surface area contributed by atoms with Gasteiger partial charge < -0.3 is 10.4 Å². The second-order valence-electron chi connectivity index (χ2n) is 6.31. The number of aliphatic hydroxyl groups is 1. The molecular weight excluding hydrogens is 348 g/mol. The van der Waals surface area contributed by atoms with E-state index < -0.39 is 30.5 Å². The number of anilines is 1. The van der Waals surface area contributed by atoms with Crippen LogP contribution in [0.25, 0.3) is 0 Å². The van der Waals surface area contributed by atoms with Crippen LogP contribution in [0.4, 0.5) is 14.5 Å². The summed E-state index contributed by atoms with van der Waals surface area (Å²) in [5.74, 6) is -3.05. The molecule has 2 rings (SSSR count). The van der Waals surface area contributed by atoms with Crippen LogP contribution >= 0.6 is 12.2 Å². The fourth-order valence-electron chi connectivity index (χ4n) is 2.96. The quantitative estimate of drug-likeness (QED) is 0.303. The molecule has 136 valence electrons. The first-order chi connectivity index (χ1) is 11.8. The Kier molecular flexibility index (Phi) is 5.90. The molecule has 2 unspecified atom stereocenters. The molecule has 0 bridgehead atoms. The maximum Gasteiger partial charge on any atom is 0.268 e. The third kappa shape index (κ3) is 3.88. The van der Waals surface area contributed by atoms with E-state index in [9.17, 15) is 19.1 Å². The second-order valence-corrected chi connectivity index (χ2v) is 6.69. The van der Waals surface area contributed by atoms with Gasteiger partial charge in [0.1, 0.15) is 5.54 Å². The average Bonchev–Trinajstić information content (AvgIpc) is 2.54. The van der Waals surface area contributed by atoms with E-state index in [-0.39, 0.29) is 11.8 Å². The highest BCUT2D eigenvalue weighted by Crippen LogP contribution is 2.49. The summed E-state index contributed by atoms with van der Waals surface area (Å²) in [5.41, 5.74) is -0.864. The highest BCUT2D eigenvalue weighted by Gasteiger charge is 2.69. The molecule has 1 aromatic rings. The molecule has 1 saturated carbocycles. The van der Waals surface area contributed by atoms with Crippen molar-refractivity contribution in [3.63, 3.8) is 0 Å². The van der Waals surface area contributed by atoms with Gasteiger partial charge in [0.2, 0.25) is 0 Å². The Morgan fingerprint density at radius 1 is 1.40 bits per heavy atom. The van der Waals surface area contributed by atoms with Crippen LogP contribution in [0.1, 0.15) is 6.42 Å². The van der Waals surface area contributed by atoms with Gasteiger partial charge in [0.25, 0.3) is 5.92 Å². The number of nitriles is 1. The van der Waals surface area contributed by atoms with Crippen LogP contribution in [0.3, 0.4) is 0 Å². The molecule has 0 aromatic heterocycles. The van der Waals surface area contributed by atoms with E-state index in [1.807, 2.05) is 12.3 Å². The molecule has 0 amide bonds. The van der Waals surface area contributed by atoms with Crippen molar-refractivity contribution in [3.8, 4) is 6.19 Å². The maximum atomic E-state index is 14.1. The van der Waals surface area contributed by atoms with E-state index >= 15 is 0 Å². The van der Waals surface area contributed by atoms with Gasteiger partial charge in [0, 0.05) is 18.8 Å². The molecule has 1 fully saturated rings. The van der Waals surface area contributed by atoms with Gasteiger partial charge in [0.15, 0.2) is 11.3 Å². The van der Waals surface area contributed by atoms with Crippen LogP contribution < -0.4 is 10.6 Å². The van der Waals surface area contributed by atoms with Crippen molar-refractivity contribution in [2.45, 2.75) is 23.9 Å². The largest absolute Gasteiger partial charge is 0.394 e. The lowest BCUT2D eigenvalue weighted by Gasteiger charge is -2.56. The average molecular weight is 369 g/mol. The molecule has 0 aliphatic heterocycles. The molecule has 6 nitrogen and oxygen atoms in total. The number of thiocarbonyl (C=S) groups is 1. The normalized spacial score (nSPS) is 24.3. The molecule has 0 heterocycles. The lowest BCUT2D eigenvalue weighted by atomic mass is 9.67. The van der Waals surface area contributed by atoms with Crippen LogP contribution in [0.2, 0.25) is 0 Å². The number of benzene rings is 1. The van der Waals surface area contributed by atoms with E-state index in [0.717, 1.165) is 4.90 Å². The van der Waals surface area contributed by atoms with Gasteiger partial charge in [-0.2, -0.15) is 5.26 Å². The van der Waals surface area contributed by atoms with E-state index in [2.05, 4.69) is 10.6 Å². The number of aliphatic hydroxyl groups excluding tert-OH is 1. The summed E-state index contributed by atoms with van der Waals surface area (Å²) < 4.78 is 28.3. The molecule has 1 aliphatic rings. The van der Waals surface area contributed by atoms with Gasteiger partial charge in [-0.25, -0.2) is 13.7 Å². The van der Waals surface area contributed by atoms with Gasteiger partial charge >= 0.3 is 0 Å². The standard InChI is InChI=1S/C16H21F2N5OS/c1-22(2)11-20-13-15(9-24,8-16(13,17)18)23(10-19)14(25)21-12-6-4-3-5-7-12/h3-7,13,20,24H,8-9,11H2,1-2H3,(H,21,25). The minimum atomic E-state index is -3.05. The maximum absolute atomic E-state index is 14.1. The zero-order chi connectivity index (χ0) is 18.7. The van der Waals surface area contributed by atoms with Gasteiger partial charge in [-0.1, -0.05) is 18.2 Å². The third-order valence-electron chi connectivity index (χ3n) is 4.16. The van der Waals surface area contributed by atoms with E-state index in [4.69, 9.17) is 12.2 Å². The number of para-hydroxylation sites is 1. The predicted molar refractivity (Wildman–Crippen MR) is 95.0 cm³/mol. The van der Waals surface area contributed by atoms with Crippen molar-refractivity contribution >= 4 is 23.0 Å². The Morgan fingerprint density at radius 3 is 2.52 bits per heavy atom. The molecule has 0 radical (unpaired) electrons. The monoisotopic (exact) mass is 369 g/mol. The van der Waals surface area contributed by atoms with Crippen molar-refractivity contribution in [1.29, 1.82) is 5.26 Å². The number of nitrogens with zero attached hydrogens (tertiary/aromatic N) is 3. The molecule has 1 aromatic carbocycles. The fraction of sp³-hybridized carbons (Fsp3) is 0.500. The van der Waals surface area contributed by atoms with Crippen LogP contribution in [-0.4, -0.2) is 64.9 Å². The first-order valence-corrected chi connectivity index (χ1v) is 8.10. The zero-order valence-corrected chi connectivity index (χ0v) is 14.9. The van der Waals surface area contributed by atoms with Gasteiger partial charge in [-0.15, -0.1) is 0 Å². The minimum absolute atomic E-state index is 0.0325. The van der Waals surface area contributed by atoms with Crippen molar-refractivity contribution in [3.05, 3.63) is 30.3 Å². The van der Waals surface area contributed by atoms with Crippen molar-refractivity contribution in [2.75, 3.05) is 32.7 Å². The Morgan fingerprint density at radius 2 is 2.04 bits per heavy atom. The first-order valence-electron chi connectivity index (χ1n) is 7.69. The van der Waals surface area contributed by atoms with Gasteiger partial charge in [-0.05, 0) is 38.4 Å². The van der Waals surface area contributed by atoms with Crippen LogP contribution in [0.5, 0.6) is 0 Å². The number of hydrogen-bond acceptors (Lipinski definition) is 5. The zero-order valence-electron chi connectivity index (χ0n) is 14.0. The molecule has 25 heavy (non-hydrogen) atoms. The van der Waals surface area contributed by atoms with Crippen molar-refractivity contribution < 1.29 is 13.9 Å². The molecule has 0 saturated heterocycles. The lowest BCUT2D eigenvalue weighted by Crippen LogP contribution is -2.79. The summed E-state index contributed by atoms with van der Waals surface area (Å²) in [5, 5.41) is 24.9. The number of alkyl halides is 2. The number of halogens is 2. The summed E-state index contributed by atoms with van der Waals surface area (Å²) in [6.45, 7) is -0.446. The smallest absolute Gasteiger partial charge is 0.268 e. The molecule has 9 heteroatoms. The summed E-state index contributed by atoms with van der Waals surface area (Å²) in [4.78, 5) is 2.66. The summed E-state index contributed by atoms with van der Waals surface area (Å²) in [6, 6.07) is 7.46. The molecular formula is C16H21F2N5OS. The number of rotatable bonds is 6. The SMILES string of the molecule is CN(C)CNC1C(F)(F)CC1(CO)N(C#N)C(=S)Nc1ccccc1. The minimum Gasteiger partial charge on any atom is -0.394 e.